The molecular formula is C15H19N3O. The molecular weight excluding hydrogens is 238 g/mol. The molecule has 0 aliphatic heterocycles. The van der Waals surface area contributed by atoms with Crippen molar-refractivity contribution in [1.82, 2.24) is 15.1 Å². The van der Waals surface area contributed by atoms with Crippen LogP contribution in [0.2, 0.25) is 0 Å². The largest absolute Gasteiger partial charge is 0.347 e. The molecule has 2 rings (SSSR count). The van der Waals surface area contributed by atoms with E-state index in [1.54, 1.807) is 4.68 Å². The lowest BCUT2D eigenvalue weighted by atomic mass is 10.1. The summed E-state index contributed by atoms with van der Waals surface area (Å²) in [4.78, 5) is 12.1. The summed E-state index contributed by atoms with van der Waals surface area (Å²) in [6.07, 6.45) is 0. The molecule has 1 N–H and O–H groups in total. The van der Waals surface area contributed by atoms with Crippen LogP contribution in [0.1, 0.15) is 34.2 Å². The first-order valence-electron chi connectivity index (χ1n) is 6.48. The Bertz CT molecular complexity index is 587. The third-order valence-corrected chi connectivity index (χ3v) is 2.97. The fourth-order valence-corrected chi connectivity index (χ4v) is 2.06. The number of aryl methyl sites for hydroxylation is 3. The molecule has 0 saturated heterocycles. The summed E-state index contributed by atoms with van der Waals surface area (Å²) in [5, 5.41) is 7.21. The Labute approximate surface area is 113 Å². The highest BCUT2D eigenvalue weighted by Gasteiger charge is 2.12. The monoisotopic (exact) mass is 257 g/mol. The van der Waals surface area contributed by atoms with Gasteiger partial charge in [-0.1, -0.05) is 29.8 Å². The van der Waals surface area contributed by atoms with Crippen molar-refractivity contribution < 1.29 is 4.79 Å². The highest BCUT2D eigenvalue weighted by atomic mass is 16.2. The maximum Gasteiger partial charge on any atom is 0.269 e. The molecule has 0 fully saturated rings. The number of amides is 1. The molecule has 0 aliphatic rings. The van der Waals surface area contributed by atoms with E-state index < -0.39 is 0 Å². The molecule has 2 aromatic rings. The van der Waals surface area contributed by atoms with Gasteiger partial charge in [0.1, 0.15) is 5.69 Å². The van der Waals surface area contributed by atoms with Gasteiger partial charge in [-0.05, 0) is 32.4 Å². The quantitative estimate of drug-likeness (QED) is 0.914. The van der Waals surface area contributed by atoms with Gasteiger partial charge in [-0.25, -0.2) is 0 Å². The lowest BCUT2D eigenvalue weighted by Crippen LogP contribution is -2.25. The zero-order valence-electron chi connectivity index (χ0n) is 11.6. The zero-order chi connectivity index (χ0) is 13.8. The molecule has 4 heteroatoms. The van der Waals surface area contributed by atoms with E-state index in [0.29, 0.717) is 18.8 Å². The van der Waals surface area contributed by atoms with Gasteiger partial charge in [0.15, 0.2) is 0 Å². The van der Waals surface area contributed by atoms with Crippen molar-refractivity contribution in [2.24, 2.45) is 0 Å². The third-order valence-electron chi connectivity index (χ3n) is 2.97. The van der Waals surface area contributed by atoms with Gasteiger partial charge in [-0.2, -0.15) is 5.10 Å². The van der Waals surface area contributed by atoms with Crippen molar-refractivity contribution in [3.8, 4) is 0 Å². The van der Waals surface area contributed by atoms with Crippen LogP contribution in [-0.2, 0) is 13.1 Å². The van der Waals surface area contributed by atoms with Crippen LogP contribution in [0.25, 0.3) is 0 Å². The van der Waals surface area contributed by atoms with Crippen molar-refractivity contribution in [3.05, 3.63) is 52.8 Å². The fourth-order valence-electron chi connectivity index (χ4n) is 2.06. The third kappa shape index (κ3) is 3.22. The Morgan fingerprint density at radius 2 is 2.11 bits per heavy atom. The molecule has 0 radical (unpaired) electrons. The summed E-state index contributed by atoms with van der Waals surface area (Å²) in [5.41, 5.74) is 3.78. The van der Waals surface area contributed by atoms with Crippen molar-refractivity contribution in [2.75, 3.05) is 0 Å². The fraction of sp³-hybridized carbons (Fsp3) is 0.333. The van der Waals surface area contributed by atoms with Gasteiger partial charge in [-0.15, -0.1) is 0 Å². The second-order valence-corrected chi connectivity index (χ2v) is 4.66. The predicted octanol–water partition coefficient (Wildman–Crippen LogP) is 2.45. The average Bonchev–Trinajstić information content (AvgIpc) is 2.77. The van der Waals surface area contributed by atoms with Gasteiger partial charge < -0.3 is 5.32 Å². The molecule has 19 heavy (non-hydrogen) atoms. The molecule has 100 valence electrons. The molecule has 0 spiro atoms. The van der Waals surface area contributed by atoms with E-state index in [1.165, 1.54) is 5.56 Å². The standard InChI is InChI=1S/C15H19N3O/c1-4-18-14(9-12(3)17-18)15(19)16-10-13-7-5-6-11(2)8-13/h5-9H,4,10H2,1-3H3,(H,16,19). The van der Waals surface area contributed by atoms with Gasteiger partial charge >= 0.3 is 0 Å². The zero-order valence-corrected chi connectivity index (χ0v) is 11.6. The Hall–Kier alpha value is -2.10. The Balaban J connectivity index is 2.05. The van der Waals surface area contributed by atoms with Crippen molar-refractivity contribution in [3.63, 3.8) is 0 Å². The predicted molar refractivity (Wildman–Crippen MR) is 75.0 cm³/mol. The van der Waals surface area contributed by atoms with Crippen LogP contribution in [-0.4, -0.2) is 15.7 Å². The molecule has 1 aromatic heterocycles. The smallest absolute Gasteiger partial charge is 0.269 e. The first-order valence-corrected chi connectivity index (χ1v) is 6.48. The van der Waals surface area contributed by atoms with Crippen LogP contribution in [0.4, 0.5) is 0 Å². The van der Waals surface area contributed by atoms with E-state index >= 15 is 0 Å². The van der Waals surface area contributed by atoms with Gasteiger partial charge in [-0.3, -0.25) is 9.48 Å². The molecule has 1 heterocycles. The number of nitrogens with one attached hydrogen (secondary N) is 1. The van der Waals surface area contributed by atoms with Crippen molar-refractivity contribution in [1.29, 1.82) is 0 Å². The van der Waals surface area contributed by atoms with Crippen molar-refractivity contribution in [2.45, 2.75) is 33.9 Å². The van der Waals surface area contributed by atoms with Gasteiger partial charge in [0.05, 0.1) is 5.69 Å². The lowest BCUT2D eigenvalue weighted by Gasteiger charge is -2.07. The number of aromatic nitrogens is 2. The minimum atomic E-state index is -0.0797. The van der Waals surface area contributed by atoms with Crippen LogP contribution in [0.3, 0.4) is 0 Å². The van der Waals surface area contributed by atoms with Crippen LogP contribution in [0.15, 0.2) is 30.3 Å². The number of benzene rings is 1. The maximum absolute atomic E-state index is 12.1. The molecule has 1 amide bonds. The number of hydrogen-bond acceptors (Lipinski definition) is 2. The summed E-state index contributed by atoms with van der Waals surface area (Å²) in [6, 6.07) is 9.94. The first-order chi connectivity index (χ1) is 9.10. The minimum absolute atomic E-state index is 0.0797. The number of carbonyl (C=O) groups excluding carboxylic acids is 1. The summed E-state index contributed by atoms with van der Waals surface area (Å²) in [5.74, 6) is -0.0797. The van der Waals surface area contributed by atoms with Crippen molar-refractivity contribution >= 4 is 5.91 Å². The van der Waals surface area contributed by atoms with E-state index in [0.717, 1.165) is 11.3 Å². The van der Waals surface area contributed by atoms with E-state index in [-0.39, 0.29) is 5.91 Å². The van der Waals surface area contributed by atoms with E-state index in [2.05, 4.69) is 16.5 Å². The Morgan fingerprint density at radius 1 is 1.32 bits per heavy atom. The number of nitrogens with zero attached hydrogens (tertiary/aromatic N) is 2. The summed E-state index contributed by atoms with van der Waals surface area (Å²) in [7, 11) is 0. The molecule has 0 saturated carbocycles. The Kier molecular flexibility index (Phi) is 4.00. The van der Waals surface area contributed by atoms with Crippen LogP contribution in [0, 0.1) is 13.8 Å². The summed E-state index contributed by atoms with van der Waals surface area (Å²) in [6.45, 7) is 7.14. The molecule has 0 bridgehead atoms. The summed E-state index contributed by atoms with van der Waals surface area (Å²) < 4.78 is 1.72. The lowest BCUT2D eigenvalue weighted by molar-refractivity contribution is 0.0940. The second-order valence-electron chi connectivity index (χ2n) is 4.66. The van der Waals surface area contributed by atoms with Gasteiger partial charge in [0, 0.05) is 13.1 Å². The summed E-state index contributed by atoms with van der Waals surface area (Å²) >= 11 is 0. The highest BCUT2D eigenvalue weighted by molar-refractivity contribution is 5.92. The molecule has 0 unspecified atom stereocenters. The number of carbonyl (C=O) groups is 1. The highest BCUT2D eigenvalue weighted by Crippen LogP contribution is 2.06. The minimum Gasteiger partial charge on any atom is -0.347 e. The maximum atomic E-state index is 12.1. The van der Waals surface area contributed by atoms with Crippen LogP contribution < -0.4 is 5.32 Å². The number of rotatable bonds is 4. The van der Waals surface area contributed by atoms with Crippen LogP contribution in [0.5, 0.6) is 0 Å². The number of hydrogen-bond donors (Lipinski definition) is 1. The average molecular weight is 257 g/mol. The Morgan fingerprint density at radius 3 is 2.79 bits per heavy atom. The topological polar surface area (TPSA) is 46.9 Å². The molecule has 0 atom stereocenters. The van der Waals surface area contributed by atoms with Gasteiger partial charge in [0.25, 0.3) is 5.91 Å². The molecule has 4 nitrogen and oxygen atoms in total. The molecule has 1 aromatic carbocycles. The van der Waals surface area contributed by atoms with E-state index in [4.69, 9.17) is 0 Å². The van der Waals surface area contributed by atoms with Gasteiger partial charge in [0.2, 0.25) is 0 Å². The first kappa shape index (κ1) is 13.3. The van der Waals surface area contributed by atoms with E-state index in [1.807, 2.05) is 45.0 Å². The normalized spacial score (nSPS) is 10.5. The SMILES string of the molecule is CCn1nc(C)cc1C(=O)NCc1cccc(C)c1. The van der Waals surface area contributed by atoms with E-state index in [9.17, 15) is 4.79 Å². The molecule has 0 aliphatic carbocycles. The second kappa shape index (κ2) is 5.69. The van der Waals surface area contributed by atoms with Crippen LogP contribution >= 0.6 is 0 Å².